The summed E-state index contributed by atoms with van der Waals surface area (Å²) in [5.41, 5.74) is 0. The maximum absolute atomic E-state index is 11.7. The van der Waals surface area contributed by atoms with Gasteiger partial charge >= 0.3 is 11.9 Å². The fraction of sp³-hybridized carbons (Fsp3) is 0.846. The molecule has 0 aromatic carbocycles. The number of ether oxygens (including phenoxy) is 2. The molecular weight excluding hydrogens is 220 g/mol. The summed E-state index contributed by atoms with van der Waals surface area (Å²) in [5, 5.41) is 0. The molecule has 4 heteroatoms. The average Bonchev–Trinajstić information content (AvgIpc) is 2.14. The van der Waals surface area contributed by atoms with Crippen LogP contribution in [0.15, 0.2) is 0 Å². The summed E-state index contributed by atoms with van der Waals surface area (Å²) in [6, 6.07) is 0. The topological polar surface area (TPSA) is 52.6 Å². The molecular formula is C13H24O4. The van der Waals surface area contributed by atoms with Gasteiger partial charge in [0.15, 0.2) is 0 Å². The van der Waals surface area contributed by atoms with Gasteiger partial charge in [-0.05, 0) is 34.1 Å². The van der Waals surface area contributed by atoms with Gasteiger partial charge < -0.3 is 9.47 Å². The van der Waals surface area contributed by atoms with Crippen LogP contribution in [0.2, 0.25) is 0 Å². The Balaban J connectivity index is 4.31. The highest BCUT2D eigenvalue weighted by molar-refractivity contribution is 5.80. The first kappa shape index (κ1) is 15.9. The minimum absolute atomic E-state index is 0.109. The molecule has 0 heterocycles. The lowest BCUT2D eigenvalue weighted by atomic mass is 10.00. The molecule has 0 radical (unpaired) electrons. The molecule has 0 N–H and O–H groups in total. The summed E-state index contributed by atoms with van der Waals surface area (Å²) in [4.78, 5) is 23.2. The third-order valence-electron chi connectivity index (χ3n) is 2.10. The summed E-state index contributed by atoms with van der Waals surface area (Å²) >= 11 is 0. The summed E-state index contributed by atoms with van der Waals surface area (Å²) in [6.45, 7) is 9.16. The van der Waals surface area contributed by atoms with Crippen molar-refractivity contribution in [2.45, 2.75) is 66.1 Å². The van der Waals surface area contributed by atoms with E-state index in [1.807, 2.05) is 6.92 Å². The van der Waals surface area contributed by atoms with Crippen LogP contribution < -0.4 is 0 Å². The highest BCUT2D eigenvalue weighted by atomic mass is 16.5. The van der Waals surface area contributed by atoms with E-state index in [1.54, 1.807) is 27.7 Å². The zero-order valence-corrected chi connectivity index (χ0v) is 11.5. The molecule has 0 aromatic heterocycles. The van der Waals surface area contributed by atoms with Crippen molar-refractivity contribution in [3.8, 4) is 0 Å². The molecule has 100 valence electrons. The first-order valence-corrected chi connectivity index (χ1v) is 6.26. The standard InChI is InChI=1S/C13H24O4/c1-6-7-11(13(15)17-10(4)5)8-12(14)16-9(2)3/h9-11H,6-8H2,1-5H3. The van der Waals surface area contributed by atoms with Crippen molar-refractivity contribution in [2.75, 3.05) is 0 Å². The fourth-order valence-electron chi connectivity index (χ4n) is 1.49. The number of hydrogen-bond acceptors (Lipinski definition) is 4. The molecule has 0 amide bonds. The van der Waals surface area contributed by atoms with Crippen molar-refractivity contribution in [2.24, 2.45) is 5.92 Å². The van der Waals surface area contributed by atoms with Gasteiger partial charge in [0.1, 0.15) is 0 Å². The monoisotopic (exact) mass is 244 g/mol. The van der Waals surface area contributed by atoms with Crippen LogP contribution in [0.1, 0.15) is 53.9 Å². The Morgan fingerprint density at radius 3 is 1.94 bits per heavy atom. The lowest BCUT2D eigenvalue weighted by Crippen LogP contribution is -2.25. The first-order chi connectivity index (χ1) is 7.86. The predicted octanol–water partition coefficient (Wildman–Crippen LogP) is 2.70. The molecule has 0 saturated carbocycles. The Kier molecular flexibility index (Phi) is 7.59. The van der Waals surface area contributed by atoms with Crippen LogP contribution in [0.5, 0.6) is 0 Å². The summed E-state index contributed by atoms with van der Waals surface area (Å²) < 4.78 is 10.2. The van der Waals surface area contributed by atoms with Gasteiger partial charge in [0.2, 0.25) is 0 Å². The maximum Gasteiger partial charge on any atom is 0.309 e. The van der Waals surface area contributed by atoms with Gasteiger partial charge in [-0.2, -0.15) is 0 Å². The number of rotatable bonds is 7. The smallest absolute Gasteiger partial charge is 0.309 e. The highest BCUT2D eigenvalue weighted by Gasteiger charge is 2.24. The van der Waals surface area contributed by atoms with Crippen molar-refractivity contribution in [1.29, 1.82) is 0 Å². The van der Waals surface area contributed by atoms with Crippen LogP contribution in [-0.2, 0) is 19.1 Å². The van der Waals surface area contributed by atoms with Gasteiger partial charge in [0, 0.05) is 0 Å². The second-order valence-electron chi connectivity index (χ2n) is 4.71. The number of carbonyl (C=O) groups is 2. The SMILES string of the molecule is CCCC(CC(=O)OC(C)C)C(=O)OC(C)C. The van der Waals surface area contributed by atoms with E-state index in [-0.39, 0.29) is 36.5 Å². The van der Waals surface area contributed by atoms with E-state index in [1.165, 1.54) is 0 Å². The molecule has 1 unspecified atom stereocenters. The number of esters is 2. The second-order valence-corrected chi connectivity index (χ2v) is 4.71. The Hall–Kier alpha value is -1.06. The molecule has 0 aliphatic rings. The van der Waals surface area contributed by atoms with Gasteiger partial charge in [0.05, 0.1) is 24.5 Å². The Morgan fingerprint density at radius 2 is 1.53 bits per heavy atom. The van der Waals surface area contributed by atoms with Crippen molar-refractivity contribution in [3.63, 3.8) is 0 Å². The zero-order valence-electron chi connectivity index (χ0n) is 11.5. The van der Waals surface area contributed by atoms with E-state index < -0.39 is 0 Å². The number of carbonyl (C=O) groups excluding carboxylic acids is 2. The van der Waals surface area contributed by atoms with Crippen LogP contribution in [0, 0.1) is 5.92 Å². The van der Waals surface area contributed by atoms with Crippen LogP contribution >= 0.6 is 0 Å². The lowest BCUT2D eigenvalue weighted by molar-refractivity contribution is -0.159. The molecule has 17 heavy (non-hydrogen) atoms. The van der Waals surface area contributed by atoms with E-state index in [4.69, 9.17) is 9.47 Å². The fourth-order valence-corrected chi connectivity index (χ4v) is 1.49. The lowest BCUT2D eigenvalue weighted by Gasteiger charge is -2.17. The molecule has 0 aliphatic heterocycles. The zero-order chi connectivity index (χ0) is 13.4. The van der Waals surface area contributed by atoms with Crippen molar-refractivity contribution in [3.05, 3.63) is 0 Å². The molecule has 1 atom stereocenters. The van der Waals surface area contributed by atoms with Crippen LogP contribution in [0.3, 0.4) is 0 Å². The van der Waals surface area contributed by atoms with E-state index >= 15 is 0 Å². The van der Waals surface area contributed by atoms with Crippen LogP contribution in [0.4, 0.5) is 0 Å². The molecule has 0 saturated heterocycles. The predicted molar refractivity (Wildman–Crippen MR) is 65.5 cm³/mol. The molecule has 0 rings (SSSR count). The van der Waals surface area contributed by atoms with Crippen molar-refractivity contribution < 1.29 is 19.1 Å². The van der Waals surface area contributed by atoms with E-state index in [9.17, 15) is 9.59 Å². The first-order valence-electron chi connectivity index (χ1n) is 6.26. The van der Waals surface area contributed by atoms with E-state index in [0.717, 1.165) is 6.42 Å². The van der Waals surface area contributed by atoms with Gasteiger partial charge in [0.25, 0.3) is 0 Å². The van der Waals surface area contributed by atoms with Crippen molar-refractivity contribution in [1.82, 2.24) is 0 Å². The largest absolute Gasteiger partial charge is 0.463 e. The van der Waals surface area contributed by atoms with Crippen molar-refractivity contribution >= 4 is 11.9 Å². The summed E-state index contributed by atoms with van der Waals surface area (Å²) in [6.07, 6.45) is 1.30. The summed E-state index contributed by atoms with van der Waals surface area (Å²) in [7, 11) is 0. The minimum Gasteiger partial charge on any atom is -0.463 e. The minimum atomic E-state index is -0.381. The molecule has 0 fully saturated rings. The Bertz CT molecular complexity index is 246. The third-order valence-corrected chi connectivity index (χ3v) is 2.10. The van der Waals surface area contributed by atoms with Gasteiger partial charge in [-0.1, -0.05) is 13.3 Å². The average molecular weight is 244 g/mol. The second kappa shape index (κ2) is 8.09. The maximum atomic E-state index is 11.7. The van der Waals surface area contributed by atoms with E-state index in [0.29, 0.717) is 6.42 Å². The molecule has 4 nitrogen and oxygen atoms in total. The van der Waals surface area contributed by atoms with Crippen LogP contribution in [-0.4, -0.2) is 24.1 Å². The molecule has 0 aromatic rings. The van der Waals surface area contributed by atoms with Gasteiger partial charge in [-0.3, -0.25) is 9.59 Å². The highest BCUT2D eigenvalue weighted by Crippen LogP contribution is 2.15. The quantitative estimate of drug-likeness (QED) is 0.646. The Morgan fingerprint density at radius 1 is 1.00 bits per heavy atom. The third kappa shape index (κ3) is 7.77. The normalized spacial score (nSPS) is 12.6. The van der Waals surface area contributed by atoms with Crippen LogP contribution in [0.25, 0.3) is 0 Å². The molecule has 0 spiro atoms. The summed E-state index contributed by atoms with van der Waals surface area (Å²) in [5.74, 6) is -1.02. The number of hydrogen-bond donors (Lipinski definition) is 0. The molecule has 0 aliphatic carbocycles. The van der Waals surface area contributed by atoms with E-state index in [2.05, 4.69) is 0 Å². The van der Waals surface area contributed by atoms with Gasteiger partial charge in [-0.25, -0.2) is 0 Å². The molecule has 0 bridgehead atoms. The van der Waals surface area contributed by atoms with Gasteiger partial charge in [-0.15, -0.1) is 0 Å². The Labute approximate surface area is 104 Å².